The van der Waals surface area contributed by atoms with Crippen LogP contribution in [-0.2, 0) is 11.3 Å². The molecule has 0 unspecified atom stereocenters. The van der Waals surface area contributed by atoms with E-state index in [9.17, 15) is 4.79 Å². The largest absolute Gasteiger partial charge is 0.350 e. The lowest BCUT2D eigenvalue weighted by Crippen LogP contribution is -2.43. The van der Waals surface area contributed by atoms with Gasteiger partial charge in [-0.3, -0.25) is 4.79 Å². The summed E-state index contributed by atoms with van der Waals surface area (Å²) in [5.41, 5.74) is 6.95. The third kappa shape index (κ3) is 3.32. The highest BCUT2D eigenvalue weighted by molar-refractivity contribution is 7.10. The van der Waals surface area contributed by atoms with Gasteiger partial charge in [-0.15, -0.1) is 11.3 Å². The van der Waals surface area contributed by atoms with Crippen molar-refractivity contribution in [2.75, 3.05) is 0 Å². The van der Waals surface area contributed by atoms with E-state index in [0.29, 0.717) is 6.54 Å². The fourth-order valence-electron chi connectivity index (χ4n) is 1.17. The predicted octanol–water partition coefficient (Wildman–Crippen LogP) is 1.66. The van der Waals surface area contributed by atoms with Crippen molar-refractivity contribution in [2.45, 2.75) is 33.4 Å². The average Bonchev–Trinajstić information content (AvgIpc) is 2.59. The molecular formula is C11H18N2OS. The number of aryl methyl sites for hydroxylation is 1. The van der Waals surface area contributed by atoms with Crippen molar-refractivity contribution < 1.29 is 4.79 Å². The zero-order valence-corrected chi connectivity index (χ0v) is 10.2. The first-order valence-corrected chi connectivity index (χ1v) is 5.96. The summed E-state index contributed by atoms with van der Waals surface area (Å²) in [6, 6.07) is 1.64. The Balaban J connectivity index is 2.44. The first kappa shape index (κ1) is 12.2. The van der Waals surface area contributed by atoms with Gasteiger partial charge in [-0.25, -0.2) is 0 Å². The van der Waals surface area contributed by atoms with Gasteiger partial charge in [0, 0.05) is 4.88 Å². The number of rotatable bonds is 4. The van der Waals surface area contributed by atoms with Crippen LogP contribution in [-0.4, -0.2) is 11.9 Å². The second-order valence-corrected chi connectivity index (χ2v) is 5.02. The molecule has 0 aliphatic carbocycles. The highest BCUT2D eigenvalue weighted by Gasteiger charge is 2.16. The summed E-state index contributed by atoms with van der Waals surface area (Å²) in [5.74, 6) is 0.104. The molecule has 1 amide bonds. The van der Waals surface area contributed by atoms with Gasteiger partial charge < -0.3 is 11.1 Å². The van der Waals surface area contributed by atoms with E-state index in [1.165, 1.54) is 10.4 Å². The molecule has 15 heavy (non-hydrogen) atoms. The number of carbonyl (C=O) groups excluding carboxylic acids is 1. The normalized spacial score (nSPS) is 12.9. The van der Waals surface area contributed by atoms with Crippen LogP contribution in [0.2, 0.25) is 0 Å². The molecule has 1 rings (SSSR count). The van der Waals surface area contributed by atoms with E-state index in [0.717, 1.165) is 0 Å². The van der Waals surface area contributed by atoms with Crippen LogP contribution in [0.15, 0.2) is 11.4 Å². The summed E-state index contributed by atoms with van der Waals surface area (Å²) in [7, 11) is 0. The lowest BCUT2D eigenvalue weighted by molar-refractivity contribution is -0.123. The molecule has 1 atom stereocenters. The number of hydrogen-bond donors (Lipinski definition) is 2. The van der Waals surface area contributed by atoms with Gasteiger partial charge in [0.2, 0.25) is 5.91 Å². The lowest BCUT2D eigenvalue weighted by atomic mass is 10.1. The number of carbonyl (C=O) groups is 1. The Morgan fingerprint density at radius 1 is 1.60 bits per heavy atom. The molecule has 0 saturated carbocycles. The summed E-state index contributed by atoms with van der Waals surface area (Å²) in [6.07, 6.45) is 0. The molecule has 0 bridgehead atoms. The van der Waals surface area contributed by atoms with E-state index in [-0.39, 0.29) is 11.8 Å². The molecule has 1 aromatic heterocycles. The minimum absolute atomic E-state index is 0.0715. The molecule has 0 fully saturated rings. The molecule has 1 aromatic rings. The van der Waals surface area contributed by atoms with Crippen LogP contribution in [0.1, 0.15) is 24.3 Å². The average molecular weight is 226 g/mol. The van der Waals surface area contributed by atoms with Crippen molar-refractivity contribution in [2.24, 2.45) is 11.7 Å². The van der Waals surface area contributed by atoms with Gasteiger partial charge in [-0.2, -0.15) is 0 Å². The number of hydrogen-bond acceptors (Lipinski definition) is 3. The SMILES string of the molecule is Cc1ccsc1CNC(=O)[C@H](N)C(C)C. The Morgan fingerprint density at radius 2 is 2.27 bits per heavy atom. The predicted molar refractivity (Wildman–Crippen MR) is 63.7 cm³/mol. The minimum Gasteiger partial charge on any atom is -0.350 e. The smallest absolute Gasteiger partial charge is 0.237 e. The standard InChI is InChI=1S/C11H18N2OS/c1-7(2)10(12)11(14)13-6-9-8(3)4-5-15-9/h4-5,7,10H,6,12H2,1-3H3,(H,13,14)/t10-/m1/s1. The fourth-order valence-corrected chi connectivity index (χ4v) is 2.02. The van der Waals surface area contributed by atoms with E-state index >= 15 is 0 Å². The van der Waals surface area contributed by atoms with Crippen LogP contribution in [0.25, 0.3) is 0 Å². The first-order chi connectivity index (χ1) is 7.02. The molecule has 84 valence electrons. The van der Waals surface area contributed by atoms with E-state index < -0.39 is 6.04 Å². The van der Waals surface area contributed by atoms with Gasteiger partial charge >= 0.3 is 0 Å². The maximum atomic E-state index is 11.6. The number of nitrogens with two attached hydrogens (primary N) is 1. The summed E-state index contributed by atoms with van der Waals surface area (Å²) in [6.45, 7) is 6.52. The first-order valence-electron chi connectivity index (χ1n) is 5.08. The Hall–Kier alpha value is -0.870. The second kappa shape index (κ2) is 5.28. The van der Waals surface area contributed by atoms with Crippen LogP contribution < -0.4 is 11.1 Å². The number of amides is 1. The lowest BCUT2D eigenvalue weighted by Gasteiger charge is -2.15. The van der Waals surface area contributed by atoms with Gasteiger partial charge in [-0.05, 0) is 29.9 Å². The van der Waals surface area contributed by atoms with Crippen molar-refractivity contribution in [3.63, 3.8) is 0 Å². The van der Waals surface area contributed by atoms with Crippen molar-refractivity contribution in [1.82, 2.24) is 5.32 Å². The van der Waals surface area contributed by atoms with E-state index in [4.69, 9.17) is 5.73 Å². The Kier molecular flexibility index (Phi) is 4.29. The van der Waals surface area contributed by atoms with Crippen molar-refractivity contribution >= 4 is 17.2 Å². The molecule has 0 spiro atoms. The van der Waals surface area contributed by atoms with Crippen molar-refractivity contribution in [3.8, 4) is 0 Å². The van der Waals surface area contributed by atoms with E-state index in [1.807, 2.05) is 26.2 Å². The highest BCUT2D eigenvalue weighted by Crippen LogP contribution is 2.14. The molecule has 0 aliphatic heterocycles. The molecule has 4 heteroatoms. The van der Waals surface area contributed by atoms with E-state index in [1.54, 1.807) is 11.3 Å². The van der Waals surface area contributed by atoms with Crippen LogP contribution in [0, 0.1) is 12.8 Å². The molecule has 3 nitrogen and oxygen atoms in total. The second-order valence-electron chi connectivity index (χ2n) is 4.01. The summed E-state index contributed by atoms with van der Waals surface area (Å²) >= 11 is 1.66. The van der Waals surface area contributed by atoms with Gasteiger partial charge in [0.25, 0.3) is 0 Å². The van der Waals surface area contributed by atoms with Crippen molar-refractivity contribution in [3.05, 3.63) is 21.9 Å². The van der Waals surface area contributed by atoms with Gasteiger partial charge in [0.05, 0.1) is 12.6 Å². The third-order valence-electron chi connectivity index (χ3n) is 2.41. The maximum absolute atomic E-state index is 11.6. The Labute approximate surface area is 94.7 Å². The highest BCUT2D eigenvalue weighted by atomic mass is 32.1. The van der Waals surface area contributed by atoms with Crippen LogP contribution >= 0.6 is 11.3 Å². The monoisotopic (exact) mass is 226 g/mol. The summed E-state index contributed by atoms with van der Waals surface area (Å²) in [5, 5.41) is 4.88. The molecule has 0 aromatic carbocycles. The van der Waals surface area contributed by atoms with Gasteiger partial charge in [0.1, 0.15) is 0 Å². The molecule has 0 aliphatic rings. The third-order valence-corrected chi connectivity index (χ3v) is 3.44. The van der Waals surface area contributed by atoms with E-state index in [2.05, 4.69) is 11.4 Å². The summed E-state index contributed by atoms with van der Waals surface area (Å²) in [4.78, 5) is 12.8. The van der Waals surface area contributed by atoms with Gasteiger partial charge in [-0.1, -0.05) is 13.8 Å². The number of nitrogens with one attached hydrogen (secondary N) is 1. The maximum Gasteiger partial charge on any atom is 0.237 e. The Morgan fingerprint density at radius 3 is 2.73 bits per heavy atom. The fraction of sp³-hybridized carbons (Fsp3) is 0.545. The molecular weight excluding hydrogens is 208 g/mol. The topological polar surface area (TPSA) is 55.1 Å². The van der Waals surface area contributed by atoms with Crippen molar-refractivity contribution in [1.29, 1.82) is 0 Å². The van der Waals surface area contributed by atoms with Crippen LogP contribution in [0.5, 0.6) is 0 Å². The zero-order valence-electron chi connectivity index (χ0n) is 9.41. The minimum atomic E-state index is -0.412. The zero-order chi connectivity index (χ0) is 11.4. The molecule has 0 radical (unpaired) electrons. The number of thiophene rings is 1. The van der Waals surface area contributed by atoms with Crippen LogP contribution in [0.4, 0.5) is 0 Å². The molecule has 3 N–H and O–H groups in total. The molecule has 0 saturated heterocycles. The molecule has 1 heterocycles. The Bertz CT molecular complexity index is 333. The van der Waals surface area contributed by atoms with Crippen LogP contribution in [0.3, 0.4) is 0 Å². The summed E-state index contributed by atoms with van der Waals surface area (Å²) < 4.78 is 0. The quantitative estimate of drug-likeness (QED) is 0.820. The van der Waals surface area contributed by atoms with Gasteiger partial charge in [0.15, 0.2) is 0 Å².